The molecule has 0 bridgehead atoms. The smallest absolute Gasteiger partial charge is 0.462 e. The zero-order valence-corrected chi connectivity index (χ0v) is 30.4. The minimum Gasteiger partial charge on any atom is -0.462 e. The number of carbonyl (C=O) groups is 4. The van der Waals surface area contributed by atoms with Gasteiger partial charge in [0.15, 0.2) is 12.5 Å². The van der Waals surface area contributed by atoms with Crippen molar-refractivity contribution in [3.63, 3.8) is 0 Å². The molecule has 52 heavy (non-hydrogen) atoms. The number of H-pyrrole nitrogens is 1. The van der Waals surface area contributed by atoms with Crippen LogP contribution in [-0.2, 0) is 70.1 Å². The van der Waals surface area contributed by atoms with Crippen LogP contribution in [0.15, 0.2) is 21.9 Å². The van der Waals surface area contributed by atoms with Crippen molar-refractivity contribution < 1.29 is 90.3 Å². The Balaban J connectivity index is 1.53. The number of phosphoric ester groups is 1. The van der Waals surface area contributed by atoms with E-state index in [9.17, 15) is 58.1 Å². The van der Waals surface area contributed by atoms with Crippen molar-refractivity contribution in [2.75, 3.05) is 19.5 Å². The average molecular weight is 807 g/mol. The van der Waals surface area contributed by atoms with Crippen LogP contribution in [0.4, 0.5) is 0 Å². The van der Waals surface area contributed by atoms with Crippen LogP contribution in [0.2, 0.25) is 0 Å². The number of fused-ring (bicyclic) bond motifs is 1. The molecule has 1 aromatic heterocycles. The summed E-state index contributed by atoms with van der Waals surface area (Å²) in [6.45, 7) is -2.40. The topological polar surface area (TPSA) is 321 Å². The minimum absolute atomic E-state index is 0.288. The predicted octanol–water partition coefficient (Wildman–Crippen LogP) is -1.57. The molecule has 2 aliphatic heterocycles. The Hall–Kier alpha value is -2.99. The van der Waals surface area contributed by atoms with Crippen LogP contribution in [0.25, 0.3) is 0 Å². The van der Waals surface area contributed by atoms with Gasteiger partial charge in [0.2, 0.25) is 5.79 Å². The van der Waals surface area contributed by atoms with Crippen molar-refractivity contribution in [2.24, 2.45) is 11.8 Å². The van der Waals surface area contributed by atoms with E-state index >= 15 is 0 Å². The van der Waals surface area contributed by atoms with E-state index in [1.807, 2.05) is 4.98 Å². The normalized spacial score (nSPS) is 33.8. The van der Waals surface area contributed by atoms with E-state index in [0.29, 0.717) is 0 Å². The van der Waals surface area contributed by atoms with Gasteiger partial charge in [0, 0.05) is 40.0 Å². The quantitative estimate of drug-likeness (QED) is 0.0759. The van der Waals surface area contributed by atoms with Gasteiger partial charge in [0.25, 0.3) is 5.56 Å². The number of hydrogen-bond donors (Lipinski definition) is 5. The third-order valence-corrected chi connectivity index (χ3v) is 13.1. The summed E-state index contributed by atoms with van der Waals surface area (Å²) in [5.41, 5.74) is -1.73. The molecule has 0 aromatic carbocycles. The molecule has 4 rings (SSSR count). The van der Waals surface area contributed by atoms with Crippen LogP contribution in [0.3, 0.4) is 0 Å². The van der Waals surface area contributed by atoms with Crippen LogP contribution in [-0.4, -0.2) is 122 Å². The van der Waals surface area contributed by atoms with Gasteiger partial charge in [0.1, 0.15) is 55.1 Å². The first kappa shape index (κ1) is 41.8. The van der Waals surface area contributed by atoms with Gasteiger partial charge in [-0.2, -0.15) is 4.31 Å². The zero-order valence-electron chi connectivity index (χ0n) is 27.8. The molecule has 3 aliphatic rings. The first-order valence-electron chi connectivity index (χ1n) is 15.0. The number of ether oxygens (including phenoxy) is 6. The van der Waals surface area contributed by atoms with E-state index < -0.39 is 130 Å². The molecule has 292 valence electrons. The van der Waals surface area contributed by atoms with Gasteiger partial charge in [0.05, 0.1) is 6.61 Å². The van der Waals surface area contributed by atoms with Gasteiger partial charge in [-0.25, -0.2) is 13.9 Å². The van der Waals surface area contributed by atoms with Gasteiger partial charge >= 0.3 is 44.2 Å². The number of aliphatic hydroxyl groups is 3. The molecule has 1 saturated carbocycles. The number of nitrogens with zero attached hydrogens (tertiary/aromatic N) is 1. The summed E-state index contributed by atoms with van der Waals surface area (Å²) in [6.07, 6.45) is -11.7. The second kappa shape index (κ2) is 16.2. The van der Waals surface area contributed by atoms with E-state index in [4.69, 9.17) is 41.8 Å². The molecule has 2 saturated heterocycles. The fourth-order valence-corrected chi connectivity index (χ4v) is 10.3. The molecule has 0 radical (unpaired) electrons. The average Bonchev–Trinajstić information content (AvgIpc) is 3.38. The maximum atomic E-state index is 13.4. The van der Waals surface area contributed by atoms with Gasteiger partial charge < -0.3 is 48.6 Å². The van der Waals surface area contributed by atoms with Gasteiger partial charge in [-0.1, -0.05) is 0 Å². The van der Waals surface area contributed by atoms with Crippen molar-refractivity contribution >= 4 is 49.9 Å². The highest BCUT2D eigenvalue weighted by molar-refractivity contribution is 8.55. The molecule has 1 aromatic rings. The largest absolute Gasteiger partial charge is 0.482 e. The van der Waals surface area contributed by atoms with Crippen LogP contribution < -0.4 is 11.2 Å². The highest BCUT2D eigenvalue weighted by atomic mass is 32.7. The van der Waals surface area contributed by atoms with Crippen LogP contribution in [0.5, 0.6) is 0 Å². The fraction of sp³-hybridized carbons (Fsp3) is 0.692. The molecule has 3 heterocycles. The summed E-state index contributed by atoms with van der Waals surface area (Å²) < 4.78 is 74.4. The Labute approximate surface area is 296 Å². The maximum Gasteiger partial charge on any atom is 0.482 e. The molecule has 8 unspecified atom stereocenters. The summed E-state index contributed by atoms with van der Waals surface area (Å²) >= 11 is 0.288. The monoisotopic (exact) mass is 806 g/mol. The summed E-state index contributed by atoms with van der Waals surface area (Å²) in [4.78, 5) is 84.0. The summed E-state index contributed by atoms with van der Waals surface area (Å²) in [6, 6.07) is 0.951. The Morgan fingerprint density at radius 1 is 1.02 bits per heavy atom. The Bertz CT molecular complexity index is 1750. The SMILES string of the molecule is CSP(=O)(OC[C@H]1O[C@@H](n2ccc(=O)[nH]c2=O)[C@H](O)[C@@H]1O)OP(=O)(O)OC1OC2(OC(C)=O)C1C(O)C(OC(C)=O)C2[C@H](COC(C)=O)OC(C)=O. The molecule has 5 N–H and O–H groups in total. The van der Waals surface area contributed by atoms with Crippen molar-refractivity contribution in [2.45, 2.75) is 82.6 Å². The number of rotatable bonds is 15. The lowest BCUT2D eigenvalue weighted by Gasteiger charge is -2.52. The number of nitrogens with one attached hydrogen (secondary N) is 1. The highest BCUT2D eigenvalue weighted by Gasteiger charge is 2.78. The third kappa shape index (κ3) is 9.02. The maximum absolute atomic E-state index is 13.4. The lowest BCUT2D eigenvalue weighted by molar-refractivity contribution is -0.426. The second-order valence-electron chi connectivity index (χ2n) is 11.5. The van der Waals surface area contributed by atoms with E-state index in [2.05, 4.69) is 0 Å². The highest BCUT2D eigenvalue weighted by Crippen LogP contribution is 2.71. The summed E-state index contributed by atoms with van der Waals surface area (Å²) in [5.74, 6) is -9.48. The zero-order chi connectivity index (χ0) is 38.9. The number of aromatic amines is 1. The van der Waals surface area contributed by atoms with Crippen molar-refractivity contribution in [1.82, 2.24) is 9.55 Å². The van der Waals surface area contributed by atoms with Gasteiger partial charge in [-0.15, -0.1) is 0 Å². The van der Waals surface area contributed by atoms with E-state index in [1.165, 1.54) is 0 Å². The third-order valence-electron chi connectivity index (χ3n) is 7.88. The van der Waals surface area contributed by atoms with Crippen LogP contribution in [0.1, 0.15) is 33.9 Å². The molecule has 23 nitrogen and oxygen atoms in total. The molecule has 1 aliphatic carbocycles. The van der Waals surface area contributed by atoms with Crippen molar-refractivity contribution in [3.05, 3.63) is 33.1 Å². The lowest BCUT2D eigenvalue weighted by atomic mass is 9.85. The molecule has 13 atom stereocenters. The van der Waals surface area contributed by atoms with Crippen LogP contribution in [0, 0.1) is 11.8 Å². The van der Waals surface area contributed by atoms with Crippen molar-refractivity contribution in [3.8, 4) is 0 Å². The summed E-state index contributed by atoms with van der Waals surface area (Å²) in [5, 5.41) is 32.2. The molecular formula is C26H36N2O21P2S. The fourth-order valence-electron chi connectivity index (χ4n) is 5.97. The number of aliphatic hydroxyl groups excluding tert-OH is 3. The van der Waals surface area contributed by atoms with E-state index in [1.54, 1.807) is 0 Å². The molecular weight excluding hydrogens is 770 g/mol. The Morgan fingerprint density at radius 3 is 2.25 bits per heavy atom. The van der Waals surface area contributed by atoms with E-state index in [-0.39, 0.29) is 11.4 Å². The van der Waals surface area contributed by atoms with Gasteiger partial charge in [-0.05, 0) is 17.6 Å². The molecule has 0 amide bonds. The van der Waals surface area contributed by atoms with E-state index in [0.717, 1.165) is 50.8 Å². The number of esters is 4. The lowest BCUT2D eigenvalue weighted by Crippen LogP contribution is -2.67. The van der Waals surface area contributed by atoms with Gasteiger partial charge in [-0.3, -0.25) is 42.6 Å². The number of aromatic nitrogens is 2. The first-order chi connectivity index (χ1) is 24.1. The standard InChI is InChI=1S/C26H36N2O21P2S/c1-10(29)41-8-14(43-11(2)30)17-22(44-12(3)31)20(35)18-24(47-26(17,18)46-13(4)32)48-50(38,39)49-51(40,52-5)42-9-15-19(34)21(36)23(45-15)28-7-6-16(33)27-25(28)37/h6-7,14-15,17-24,34-36H,8-9H2,1-5H3,(H,38,39)(H,27,33,37)/t14-,15+,17?,18?,19+,20?,21+,22?,23+,24?,26?,51?/m0/s1. The molecule has 0 spiro atoms. The number of phosphoric acid groups is 1. The predicted molar refractivity (Wildman–Crippen MR) is 166 cm³/mol. The number of hydrogen-bond acceptors (Lipinski definition) is 21. The number of carbonyl (C=O) groups excluding carboxylic acids is 4. The van der Waals surface area contributed by atoms with Crippen molar-refractivity contribution in [1.29, 1.82) is 0 Å². The first-order valence-corrected chi connectivity index (χ1v) is 19.9. The Morgan fingerprint density at radius 2 is 1.69 bits per heavy atom. The Kier molecular flexibility index (Phi) is 13.0. The summed E-state index contributed by atoms with van der Waals surface area (Å²) in [7, 11) is -5.57. The molecule has 26 heteroatoms. The molecule has 3 fully saturated rings. The second-order valence-corrected chi connectivity index (χ2v) is 17.3. The minimum atomic E-state index is -5.57. The van der Waals surface area contributed by atoms with Crippen LogP contribution >= 0.6 is 26.0 Å².